The van der Waals surface area contributed by atoms with Crippen LogP contribution in [0.5, 0.6) is 0 Å². The molecule has 1 fully saturated rings. The van der Waals surface area contributed by atoms with Gasteiger partial charge in [-0.3, -0.25) is 9.59 Å². The van der Waals surface area contributed by atoms with Crippen LogP contribution in [0.15, 0.2) is 18.3 Å². The summed E-state index contributed by atoms with van der Waals surface area (Å²) >= 11 is 0. The second-order valence-electron chi connectivity index (χ2n) is 4.85. The fraction of sp³-hybridized carbons (Fsp3) is 0.462. The molecule has 0 atom stereocenters. The molecular weight excluding hydrogens is 244 g/mol. The van der Waals surface area contributed by atoms with E-state index in [2.05, 4.69) is 4.98 Å². The van der Waals surface area contributed by atoms with Crippen molar-refractivity contribution in [3.8, 4) is 0 Å². The van der Waals surface area contributed by atoms with Gasteiger partial charge in [-0.2, -0.15) is 0 Å². The van der Waals surface area contributed by atoms with Gasteiger partial charge in [-0.1, -0.05) is 0 Å². The van der Waals surface area contributed by atoms with E-state index in [1.807, 2.05) is 0 Å². The molecule has 0 aromatic carbocycles. The lowest BCUT2D eigenvalue weighted by molar-refractivity contribution is -0.119. The first-order chi connectivity index (χ1) is 9.08. The van der Waals surface area contributed by atoms with Gasteiger partial charge in [-0.15, -0.1) is 0 Å². The number of nitrogens with zero attached hydrogens (tertiary/aromatic N) is 2. The average molecular weight is 262 g/mol. The van der Waals surface area contributed by atoms with E-state index in [0.717, 1.165) is 12.8 Å². The van der Waals surface area contributed by atoms with Crippen molar-refractivity contribution in [2.75, 3.05) is 18.8 Å². The van der Waals surface area contributed by atoms with Gasteiger partial charge in [0.25, 0.3) is 5.91 Å². The zero-order valence-electron chi connectivity index (χ0n) is 10.7. The lowest BCUT2D eigenvalue weighted by atomic mass is 9.93. The predicted molar refractivity (Wildman–Crippen MR) is 71.1 cm³/mol. The van der Waals surface area contributed by atoms with Gasteiger partial charge in [-0.05, 0) is 30.9 Å². The van der Waals surface area contributed by atoms with Crippen LogP contribution in [-0.4, -0.2) is 34.8 Å². The van der Waals surface area contributed by atoms with Crippen LogP contribution in [0, 0.1) is 5.92 Å². The number of rotatable bonds is 3. The number of pyridine rings is 1. The molecule has 0 bridgehead atoms. The zero-order valence-corrected chi connectivity index (χ0v) is 10.7. The number of hydrogen-bond acceptors (Lipinski definition) is 4. The standard InChI is InChI=1S/C13H18N4O2/c14-10-2-1-5-16-12(10)13(19)17-6-3-9(4-7-17)8-11(15)18/h1-2,5,9H,3-4,6-8,14H2,(H2,15,18). The van der Waals surface area contributed by atoms with Gasteiger partial charge in [0.05, 0.1) is 5.69 Å². The molecule has 0 spiro atoms. The Kier molecular flexibility index (Phi) is 3.99. The van der Waals surface area contributed by atoms with Crippen LogP contribution < -0.4 is 11.5 Å². The first-order valence-electron chi connectivity index (χ1n) is 6.36. The van der Waals surface area contributed by atoms with Gasteiger partial charge in [0, 0.05) is 25.7 Å². The van der Waals surface area contributed by atoms with Gasteiger partial charge in [0.1, 0.15) is 0 Å². The molecule has 6 heteroatoms. The van der Waals surface area contributed by atoms with E-state index in [1.54, 1.807) is 23.2 Å². The molecule has 1 aliphatic heterocycles. The third-order valence-corrected chi connectivity index (χ3v) is 3.43. The number of anilines is 1. The van der Waals surface area contributed by atoms with Gasteiger partial charge in [0.15, 0.2) is 5.69 Å². The van der Waals surface area contributed by atoms with Gasteiger partial charge < -0.3 is 16.4 Å². The van der Waals surface area contributed by atoms with E-state index in [0.29, 0.717) is 30.9 Å². The van der Waals surface area contributed by atoms with Crippen LogP contribution in [-0.2, 0) is 4.79 Å². The minimum atomic E-state index is -0.279. The van der Waals surface area contributed by atoms with E-state index in [1.165, 1.54) is 0 Å². The van der Waals surface area contributed by atoms with E-state index in [-0.39, 0.29) is 17.7 Å². The van der Waals surface area contributed by atoms with E-state index in [4.69, 9.17) is 11.5 Å². The summed E-state index contributed by atoms with van der Waals surface area (Å²) in [6.45, 7) is 1.24. The highest BCUT2D eigenvalue weighted by Crippen LogP contribution is 2.22. The molecule has 102 valence electrons. The molecule has 6 nitrogen and oxygen atoms in total. The summed E-state index contributed by atoms with van der Waals surface area (Å²) < 4.78 is 0. The highest BCUT2D eigenvalue weighted by Gasteiger charge is 2.26. The minimum Gasteiger partial charge on any atom is -0.397 e. The number of primary amides is 1. The van der Waals surface area contributed by atoms with Crippen LogP contribution in [0.4, 0.5) is 5.69 Å². The third kappa shape index (κ3) is 3.21. The summed E-state index contributed by atoms with van der Waals surface area (Å²) in [7, 11) is 0. The van der Waals surface area contributed by atoms with Crippen LogP contribution in [0.1, 0.15) is 29.8 Å². The van der Waals surface area contributed by atoms with Crippen molar-refractivity contribution >= 4 is 17.5 Å². The monoisotopic (exact) mass is 262 g/mol. The first-order valence-corrected chi connectivity index (χ1v) is 6.36. The smallest absolute Gasteiger partial charge is 0.274 e. The van der Waals surface area contributed by atoms with Crippen molar-refractivity contribution in [2.24, 2.45) is 11.7 Å². The van der Waals surface area contributed by atoms with Gasteiger partial charge in [-0.25, -0.2) is 4.98 Å². The lowest BCUT2D eigenvalue weighted by Crippen LogP contribution is -2.39. The summed E-state index contributed by atoms with van der Waals surface area (Å²) in [5.74, 6) is -0.142. The fourth-order valence-corrected chi connectivity index (χ4v) is 2.37. The number of aromatic nitrogens is 1. The van der Waals surface area contributed by atoms with Crippen molar-refractivity contribution in [3.63, 3.8) is 0 Å². The van der Waals surface area contributed by atoms with Crippen molar-refractivity contribution in [1.82, 2.24) is 9.88 Å². The maximum Gasteiger partial charge on any atom is 0.274 e. The maximum atomic E-state index is 12.2. The Morgan fingerprint density at radius 1 is 1.37 bits per heavy atom. The summed E-state index contributed by atoms with van der Waals surface area (Å²) in [5, 5.41) is 0. The number of carbonyl (C=O) groups is 2. The summed E-state index contributed by atoms with van der Waals surface area (Å²) in [4.78, 5) is 28.9. The molecule has 2 amide bonds. The number of hydrogen-bond donors (Lipinski definition) is 2. The first kappa shape index (κ1) is 13.3. The second-order valence-corrected chi connectivity index (χ2v) is 4.85. The number of nitrogens with two attached hydrogens (primary N) is 2. The molecule has 4 N–H and O–H groups in total. The molecule has 0 aliphatic carbocycles. The lowest BCUT2D eigenvalue weighted by Gasteiger charge is -2.31. The Bertz CT molecular complexity index is 481. The quantitative estimate of drug-likeness (QED) is 0.822. The largest absolute Gasteiger partial charge is 0.397 e. The third-order valence-electron chi connectivity index (χ3n) is 3.43. The zero-order chi connectivity index (χ0) is 13.8. The Hall–Kier alpha value is -2.11. The molecular formula is C13H18N4O2. The number of nitrogen functional groups attached to an aromatic ring is 1. The van der Waals surface area contributed by atoms with Crippen LogP contribution in [0.25, 0.3) is 0 Å². The molecule has 19 heavy (non-hydrogen) atoms. The summed E-state index contributed by atoms with van der Waals surface area (Å²) in [6.07, 6.45) is 3.54. The molecule has 1 aliphatic rings. The normalized spacial score (nSPS) is 16.3. The highest BCUT2D eigenvalue weighted by atomic mass is 16.2. The molecule has 1 aromatic heterocycles. The van der Waals surface area contributed by atoms with Crippen molar-refractivity contribution < 1.29 is 9.59 Å². The predicted octanol–water partition coefficient (Wildman–Crippen LogP) is 0.391. The minimum absolute atomic E-state index is 0.143. The number of carbonyl (C=O) groups excluding carboxylic acids is 2. The van der Waals surface area contributed by atoms with E-state index >= 15 is 0 Å². The van der Waals surface area contributed by atoms with Crippen LogP contribution in [0.3, 0.4) is 0 Å². The van der Waals surface area contributed by atoms with Crippen molar-refractivity contribution in [3.05, 3.63) is 24.0 Å². The summed E-state index contributed by atoms with van der Waals surface area (Å²) in [6, 6.07) is 3.37. The molecule has 0 saturated carbocycles. The number of likely N-dealkylation sites (tertiary alicyclic amines) is 1. The SMILES string of the molecule is NC(=O)CC1CCN(C(=O)c2ncccc2N)CC1. The Morgan fingerprint density at radius 3 is 2.63 bits per heavy atom. The van der Waals surface area contributed by atoms with E-state index in [9.17, 15) is 9.59 Å². The fourth-order valence-electron chi connectivity index (χ4n) is 2.37. The average Bonchev–Trinajstić information content (AvgIpc) is 2.39. The molecule has 1 saturated heterocycles. The maximum absolute atomic E-state index is 12.2. The van der Waals surface area contributed by atoms with Crippen LogP contribution in [0.2, 0.25) is 0 Å². The van der Waals surface area contributed by atoms with Crippen LogP contribution >= 0.6 is 0 Å². The van der Waals surface area contributed by atoms with Crippen molar-refractivity contribution in [1.29, 1.82) is 0 Å². The molecule has 1 aromatic rings. The summed E-state index contributed by atoms with van der Waals surface area (Å²) in [5.41, 5.74) is 11.6. The number of piperidine rings is 1. The van der Waals surface area contributed by atoms with Crippen molar-refractivity contribution in [2.45, 2.75) is 19.3 Å². The molecule has 2 rings (SSSR count). The molecule has 0 radical (unpaired) electrons. The van der Waals surface area contributed by atoms with Gasteiger partial charge in [0.2, 0.25) is 5.91 Å². The Morgan fingerprint density at radius 2 is 2.05 bits per heavy atom. The molecule has 2 heterocycles. The second kappa shape index (κ2) is 5.69. The molecule has 0 unspecified atom stereocenters. The Balaban J connectivity index is 1.96. The topological polar surface area (TPSA) is 102 Å². The highest BCUT2D eigenvalue weighted by molar-refractivity contribution is 5.97. The van der Waals surface area contributed by atoms with E-state index < -0.39 is 0 Å². The Labute approximate surface area is 111 Å². The van der Waals surface area contributed by atoms with Gasteiger partial charge >= 0.3 is 0 Å². The number of amides is 2.